The molecule has 0 saturated heterocycles. The average molecular weight is 323 g/mol. The van der Waals surface area contributed by atoms with Crippen molar-refractivity contribution in [3.8, 4) is 0 Å². The first kappa shape index (κ1) is 7.88. The Morgan fingerprint density at radius 3 is 3.18 bits per heavy atom. The topological polar surface area (TPSA) is 44.5 Å². The van der Waals surface area contributed by atoms with Crippen LogP contribution in [0.3, 0.4) is 0 Å². The van der Waals surface area contributed by atoms with Crippen molar-refractivity contribution in [2.75, 3.05) is 0 Å². The van der Waals surface area contributed by atoms with Gasteiger partial charge in [0.1, 0.15) is 0 Å². The van der Waals surface area contributed by atoms with E-state index in [2.05, 4.69) is 10.3 Å². The van der Waals surface area contributed by atoms with Crippen molar-refractivity contribution in [1.82, 2.24) is 5.32 Å². The summed E-state index contributed by atoms with van der Waals surface area (Å²) in [5, 5.41) is 2.98. The highest BCUT2D eigenvalue weighted by Crippen LogP contribution is 2.21. The number of carbonyl (C=O) groups excluding carboxylic acids is 1. The van der Waals surface area contributed by atoms with Crippen LogP contribution < -0.4 is 5.32 Å². The van der Waals surface area contributed by atoms with Crippen LogP contribution in [-0.2, 0) is 11.3 Å². The fourth-order valence-corrected chi connectivity index (χ4v) is 2.31. The predicted molar refractivity (Wildman–Crippen MR) is 88.1 cm³/mol. The molecule has 1 amide bonds. The minimum absolute atomic E-state index is 0.00454. The zero-order chi connectivity index (χ0) is 22.4. The second-order valence-electron chi connectivity index (χ2n) is 4.64. The third-order valence-corrected chi connectivity index (χ3v) is 3.53. The predicted octanol–water partition coefficient (Wildman–Crippen LogP) is 3.03. The van der Waals surface area contributed by atoms with Gasteiger partial charge in [-0.15, -0.1) is 0 Å². The van der Waals surface area contributed by atoms with Gasteiger partial charge in [0, 0.05) is 28.0 Å². The van der Waals surface area contributed by atoms with Crippen molar-refractivity contribution in [3.05, 3.63) is 57.9 Å². The second kappa shape index (κ2) is 5.89. The van der Waals surface area contributed by atoms with Crippen LogP contribution in [0.15, 0.2) is 52.3 Å². The van der Waals surface area contributed by atoms with E-state index in [1.807, 2.05) is 0 Å². The molecule has 2 heterocycles. The number of benzene rings is 1. The summed E-state index contributed by atoms with van der Waals surface area (Å²) in [5.74, 6) is -1.02. The molecule has 1 N–H and O–H groups in total. The Bertz CT molecular complexity index is 1040. The van der Waals surface area contributed by atoms with E-state index in [4.69, 9.17) is 22.6 Å². The smallest absolute Gasteiger partial charge is 0.308 e. The van der Waals surface area contributed by atoms with E-state index in [0.29, 0.717) is 10.6 Å². The number of nitrogens with zero attached hydrogens (tertiary/aromatic N) is 2. The Morgan fingerprint density at radius 1 is 1.55 bits per heavy atom. The van der Waals surface area contributed by atoms with Gasteiger partial charge >= 0.3 is 5.84 Å². The SMILES string of the molecule is [2H]C1=C(C([2H])([2H])[2H])C=[N+]2C(=NC(C([2H])([2H])[2H])=C2C(=O)NCc2ccccc2Cl)C1[2H]. The lowest BCUT2D eigenvalue weighted by atomic mass is 10.2. The van der Waals surface area contributed by atoms with E-state index in [-0.39, 0.29) is 12.4 Å². The summed E-state index contributed by atoms with van der Waals surface area (Å²) < 4.78 is 63.1. The van der Waals surface area contributed by atoms with Gasteiger partial charge in [0.25, 0.3) is 5.91 Å². The highest BCUT2D eigenvalue weighted by Gasteiger charge is 2.36. The third kappa shape index (κ3) is 2.74. The number of amidine groups is 1. The van der Waals surface area contributed by atoms with Gasteiger partial charge in [-0.25, -0.2) is 0 Å². The number of halogens is 1. The lowest BCUT2D eigenvalue weighted by Gasteiger charge is -2.10. The van der Waals surface area contributed by atoms with Crippen LogP contribution in [0.25, 0.3) is 0 Å². The van der Waals surface area contributed by atoms with Crippen LogP contribution in [0, 0.1) is 0 Å². The molecule has 2 aliphatic heterocycles. The molecule has 1 aromatic rings. The molecule has 0 spiro atoms. The van der Waals surface area contributed by atoms with Gasteiger partial charge in [-0.3, -0.25) is 4.79 Å². The number of amides is 1. The largest absolute Gasteiger partial charge is 0.345 e. The zero-order valence-corrected chi connectivity index (χ0v) is 12.1. The minimum Gasteiger partial charge on any atom is -0.345 e. The third-order valence-electron chi connectivity index (χ3n) is 3.17. The molecule has 0 fully saturated rings. The maximum absolute atomic E-state index is 12.9. The van der Waals surface area contributed by atoms with Crippen LogP contribution in [0.1, 0.15) is 36.6 Å². The molecule has 0 bridgehead atoms. The molecule has 0 aromatic heterocycles. The number of carbonyl (C=O) groups is 1. The molecule has 22 heavy (non-hydrogen) atoms. The molecular weight excluding hydrogens is 298 g/mol. The summed E-state index contributed by atoms with van der Waals surface area (Å²) in [6, 6.07) is 6.25. The van der Waals surface area contributed by atoms with Crippen molar-refractivity contribution in [2.45, 2.75) is 26.6 Å². The Hall–Kier alpha value is -2.20. The van der Waals surface area contributed by atoms with Crippen molar-refractivity contribution in [1.29, 1.82) is 0 Å². The molecule has 5 heteroatoms. The Kier molecular flexibility index (Phi) is 2.11. The summed E-state index contributed by atoms with van der Waals surface area (Å²) in [6.45, 7) is -5.52. The quantitative estimate of drug-likeness (QED) is 0.854. The highest BCUT2D eigenvalue weighted by molar-refractivity contribution is 6.31. The van der Waals surface area contributed by atoms with Crippen LogP contribution >= 0.6 is 11.6 Å². The van der Waals surface area contributed by atoms with E-state index in [9.17, 15) is 4.79 Å². The summed E-state index contributed by atoms with van der Waals surface area (Å²) in [5.41, 5.74) is -0.823. The Morgan fingerprint density at radius 2 is 2.41 bits per heavy atom. The zero-order valence-electron chi connectivity index (χ0n) is 19.4. The van der Waals surface area contributed by atoms with Gasteiger partial charge in [0.05, 0.1) is 14.0 Å². The molecule has 3 rings (SSSR count). The molecule has 1 atom stereocenters. The number of hydrogen-bond donors (Lipinski definition) is 1. The fraction of sp³-hybridized carbons (Fsp3) is 0.235. The van der Waals surface area contributed by atoms with Crippen molar-refractivity contribution in [2.24, 2.45) is 4.99 Å². The number of fused-ring (bicyclic) bond motifs is 1. The average Bonchev–Trinajstić information content (AvgIpc) is 3.03. The molecule has 0 aliphatic carbocycles. The van der Waals surface area contributed by atoms with Crippen LogP contribution in [0.4, 0.5) is 0 Å². The van der Waals surface area contributed by atoms with Gasteiger partial charge in [0.15, 0.2) is 0 Å². The molecule has 1 aromatic carbocycles. The van der Waals surface area contributed by atoms with E-state index in [1.165, 1.54) is 0 Å². The van der Waals surface area contributed by atoms with E-state index >= 15 is 0 Å². The lowest BCUT2D eigenvalue weighted by molar-refractivity contribution is -0.337. The molecule has 1 unspecified atom stereocenters. The maximum Gasteiger partial charge on any atom is 0.308 e. The number of allylic oxidation sites excluding steroid dienone is 2. The van der Waals surface area contributed by atoms with Gasteiger partial charge in [-0.05, 0) is 29.0 Å². The lowest BCUT2D eigenvalue weighted by Crippen LogP contribution is -2.32. The summed E-state index contributed by atoms with van der Waals surface area (Å²) in [7, 11) is 0. The van der Waals surface area contributed by atoms with Crippen molar-refractivity contribution < 1.29 is 20.3 Å². The van der Waals surface area contributed by atoms with Gasteiger partial charge in [0.2, 0.25) is 11.4 Å². The Balaban J connectivity index is 2.04. The van der Waals surface area contributed by atoms with Gasteiger partial charge in [-0.1, -0.05) is 35.9 Å². The van der Waals surface area contributed by atoms with Crippen molar-refractivity contribution in [3.63, 3.8) is 0 Å². The molecular formula is C17H17ClN3O+. The van der Waals surface area contributed by atoms with Crippen LogP contribution in [-0.4, -0.2) is 22.5 Å². The summed E-state index contributed by atoms with van der Waals surface area (Å²) in [4.78, 5) is 16.8. The first-order valence-electron chi connectivity index (χ1n) is 10.5. The number of nitrogens with one attached hydrogen (secondary N) is 1. The molecule has 2 aliphatic rings. The molecule has 0 saturated carbocycles. The van der Waals surface area contributed by atoms with E-state index in [0.717, 1.165) is 10.8 Å². The van der Waals surface area contributed by atoms with E-state index in [1.54, 1.807) is 24.3 Å². The molecule has 0 radical (unpaired) electrons. The normalized spacial score (nSPS) is 27.0. The summed E-state index contributed by atoms with van der Waals surface area (Å²) in [6.07, 6.45) is -0.556. The van der Waals surface area contributed by atoms with E-state index < -0.39 is 49.0 Å². The monoisotopic (exact) mass is 322 g/mol. The maximum atomic E-state index is 12.9. The van der Waals surface area contributed by atoms with Gasteiger partial charge < -0.3 is 5.32 Å². The standard InChI is InChI=1S/C17H16ClN3O/c1-11-7-8-15-20-12(2)16(21(15)10-11)17(22)19-9-13-5-3-4-6-14(13)18/h3-7,10H,8-9H2,1-2H3/p+1/i1D3,2D3,7D,8D. The minimum atomic E-state index is -2.79. The molecule has 112 valence electrons. The van der Waals surface area contributed by atoms with Crippen LogP contribution in [0.2, 0.25) is 5.02 Å². The number of rotatable bonds is 3. The van der Waals surface area contributed by atoms with Gasteiger partial charge in [-0.2, -0.15) is 4.58 Å². The van der Waals surface area contributed by atoms with Crippen molar-refractivity contribution >= 4 is 29.6 Å². The first-order chi connectivity index (χ1) is 13.8. The molecule has 4 nitrogen and oxygen atoms in total. The fourth-order valence-electron chi connectivity index (χ4n) is 2.11. The Labute approximate surface area is 145 Å². The number of aliphatic imine (C=N–C) groups is 1. The van der Waals surface area contributed by atoms with Crippen LogP contribution in [0.5, 0.6) is 0 Å². The second-order valence-corrected chi connectivity index (χ2v) is 5.05. The highest BCUT2D eigenvalue weighted by atomic mass is 35.5. The first-order valence-corrected chi connectivity index (χ1v) is 6.82. The summed E-state index contributed by atoms with van der Waals surface area (Å²) >= 11 is 6.08. The number of hydrogen-bond acceptors (Lipinski definition) is 2.